The van der Waals surface area contributed by atoms with E-state index in [4.69, 9.17) is 9.47 Å². The predicted octanol–water partition coefficient (Wildman–Crippen LogP) is 3.15. The van der Waals surface area contributed by atoms with Gasteiger partial charge in [-0.15, -0.1) is 0 Å². The van der Waals surface area contributed by atoms with Crippen molar-refractivity contribution in [3.8, 4) is 11.5 Å². The van der Waals surface area contributed by atoms with Gasteiger partial charge >= 0.3 is 0 Å². The fourth-order valence-electron chi connectivity index (χ4n) is 1.68. The van der Waals surface area contributed by atoms with Crippen LogP contribution in [0.2, 0.25) is 0 Å². The number of benzene rings is 2. The van der Waals surface area contributed by atoms with Gasteiger partial charge in [-0.3, -0.25) is 4.79 Å². The van der Waals surface area contributed by atoms with E-state index in [1.165, 1.54) is 18.2 Å². The first-order valence-corrected chi connectivity index (χ1v) is 5.74. The number of halogens is 1. The van der Waals surface area contributed by atoms with E-state index >= 15 is 0 Å². The third kappa shape index (κ3) is 3.31. The van der Waals surface area contributed by atoms with Gasteiger partial charge in [-0.1, -0.05) is 18.2 Å². The van der Waals surface area contributed by atoms with E-state index in [0.29, 0.717) is 23.3 Å². The van der Waals surface area contributed by atoms with Crippen molar-refractivity contribution < 1.29 is 18.7 Å². The highest BCUT2D eigenvalue weighted by Gasteiger charge is 2.13. The van der Waals surface area contributed by atoms with Gasteiger partial charge < -0.3 is 9.47 Å². The average Bonchev–Trinajstić information content (AvgIpc) is 2.45. The van der Waals surface area contributed by atoms with E-state index in [9.17, 15) is 9.18 Å². The highest BCUT2D eigenvalue weighted by Crippen LogP contribution is 2.24. The molecule has 0 bridgehead atoms. The van der Waals surface area contributed by atoms with Gasteiger partial charge in [0.15, 0.2) is 12.4 Å². The van der Waals surface area contributed by atoms with Crippen LogP contribution < -0.4 is 9.47 Å². The molecule has 0 fully saturated rings. The molecule has 3 nitrogen and oxygen atoms in total. The van der Waals surface area contributed by atoms with Crippen LogP contribution in [0.15, 0.2) is 48.5 Å². The predicted molar refractivity (Wildman–Crippen MR) is 68.8 cm³/mol. The topological polar surface area (TPSA) is 35.5 Å². The van der Waals surface area contributed by atoms with Crippen LogP contribution in [0.25, 0.3) is 0 Å². The minimum Gasteiger partial charge on any atom is -0.497 e. The molecule has 0 aliphatic carbocycles. The van der Waals surface area contributed by atoms with Gasteiger partial charge in [-0.25, -0.2) is 4.39 Å². The van der Waals surface area contributed by atoms with Gasteiger partial charge in [0.05, 0.1) is 7.11 Å². The fourth-order valence-corrected chi connectivity index (χ4v) is 1.68. The Morgan fingerprint density at radius 3 is 2.53 bits per heavy atom. The van der Waals surface area contributed by atoms with Crippen LogP contribution in [0.1, 0.15) is 11.7 Å². The maximum absolute atomic E-state index is 13.1. The van der Waals surface area contributed by atoms with Crippen molar-refractivity contribution in [1.29, 1.82) is 0 Å². The Hall–Kier alpha value is -2.36. The smallest absolute Gasteiger partial charge is 0.179 e. The summed E-state index contributed by atoms with van der Waals surface area (Å²) < 4.78 is 23.7. The first kappa shape index (κ1) is 13.1. The molecule has 0 radical (unpaired) electrons. The zero-order chi connectivity index (χ0) is 13.7. The Morgan fingerprint density at radius 2 is 1.84 bits per heavy atom. The molecule has 4 heteroatoms. The van der Waals surface area contributed by atoms with Gasteiger partial charge in [0, 0.05) is 11.6 Å². The summed E-state index contributed by atoms with van der Waals surface area (Å²) in [6, 6.07) is 12.7. The van der Waals surface area contributed by atoms with E-state index in [1.807, 2.05) is 0 Å². The van der Waals surface area contributed by atoms with E-state index in [-0.39, 0.29) is 0 Å². The third-order valence-electron chi connectivity index (χ3n) is 2.61. The molecule has 2 aromatic carbocycles. The number of ether oxygens (including phenoxy) is 2. The van der Waals surface area contributed by atoms with Crippen LogP contribution in [0.4, 0.5) is 4.39 Å². The molecule has 0 saturated heterocycles. The van der Waals surface area contributed by atoms with Gasteiger partial charge in [0.1, 0.15) is 17.3 Å². The maximum atomic E-state index is 13.1. The van der Waals surface area contributed by atoms with Crippen LogP contribution in [0.3, 0.4) is 0 Å². The largest absolute Gasteiger partial charge is 0.497 e. The van der Waals surface area contributed by atoms with Crippen LogP contribution in [-0.4, -0.2) is 13.4 Å². The number of hydrogen-bond acceptors (Lipinski definition) is 3. The maximum Gasteiger partial charge on any atom is 0.179 e. The Morgan fingerprint density at radius 1 is 1.11 bits per heavy atom. The van der Waals surface area contributed by atoms with Crippen molar-refractivity contribution in [3.63, 3.8) is 0 Å². The molecule has 0 aliphatic heterocycles. The lowest BCUT2D eigenvalue weighted by Crippen LogP contribution is -2.09. The lowest BCUT2D eigenvalue weighted by Gasteiger charge is -2.14. The molecule has 98 valence electrons. The normalized spacial score (nSPS) is 11.7. The second kappa shape index (κ2) is 6.00. The number of aldehydes is 1. The number of rotatable bonds is 5. The number of carbonyl (C=O) groups is 1. The zero-order valence-electron chi connectivity index (χ0n) is 10.4. The summed E-state index contributed by atoms with van der Waals surface area (Å²) in [5.74, 6) is 0.709. The second-order valence-corrected chi connectivity index (χ2v) is 3.91. The van der Waals surface area contributed by atoms with Gasteiger partial charge in [0.25, 0.3) is 0 Å². The summed E-state index contributed by atoms with van der Waals surface area (Å²) in [6.45, 7) is 0. The van der Waals surface area contributed by atoms with E-state index in [2.05, 4.69) is 0 Å². The van der Waals surface area contributed by atoms with Crippen molar-refractivity contribution in [2.24, 2.45) is 0 Å². The van der Waals surface area contributed by atoms with E-state index < -0.39 is 11.9 Å². The molecule has 0 saturated carbocycles. The monoisotopic (exact) mass is 260 g/mol. The van der Waals surface area contributed by atoms with Crippen molar-refractivity contribution >= 4 is 6.29 Å². The van der Waals surface area contributed by atoms with Gasteiger partial charge in [0.2, 0.25) is 0 Å². The first-order chi connectivity index (χ1) is 9.22. The molecule has 1 unspecified atom stereocenters. The van der Waals surface area contributed by atoms with Crippen LogP contribution >= 0.6 is 0 Å². The molecular formula is C15H13FO3. The van der Waals surface area contributed by atoms with Crippen LogP contribution in [0, 0.1) is 5.82 Å². The first-order valence-electron chi connectivity index (χ1n) is 5.74. The summed E-state index contributed by atoms with van der Waals surface area (Å²) in [5.41, 5.74) is 0.470. The Bertz CT molecular complexity index is 569. The second-order valence-electron chi connectivity index (χ2n) is 3.91. The molecule has 0 aromatic heterocycles. The van der Waals surface area contributed by atoms with Gasteiger partial charge in [-0.2, -0.15) is 0 Å². The Balaban J connectivity index is 2.21. The lowest BCUT2D eigenvalue weighted by molar-refractivity contribution is -0.113. The number of carbonyl (C=O) groups excluding carboxylic acids is 1. The third-order valence-corrected chi connectivity index (χ3v) is 2.61. The van der Waals surface area contributed by atoms with Gasteiger partial charge in [-0.05, 0) is 24.3 Å². The van der Waals surface area contributed by atoms with E-state index in [1.54, 1.807) is 37.4 Å². The molecule has 1 atom stereocenters. The average molecular weight is 260 g/mol. The fraction of sp³-hybridized carbons (Fsp3) is 0.133. The Labute approximate surface area is 110 Å². The molecule has 19 heavy (non-hydrogen) atoms. The molecule has 0 aliphatic rings. The van der Waals surface area contributed by atoms with Crippen molar-refractivity contribution in [2.45, 2.75) is 6.10 Å². The summed E-state index contributed by atoms with van der Waals surface area (Å²) in [6.07, 6.45) is -0.211. The molecular weight excluding hydrogens is 247 g/mol. The Kier molecular flexibility index (Phi) is 4.13. The van der Waals surface area contributed by atoms with E-state index in [0.717, 1.165) is 0 Å². The minimum absolute atomic E-state index is 0.404. The standard InChI is InChI=1S/C15H13FO3/c1-18-13-6-3-7-14(9-13)19-15(10-17)11-4-2-5-12(16)8-11/h2-10,15H,1H3. The van der Waals surface area contributed by atoms with Crippen LogP contribution in [-0.2, 0) is 4.79 Å². The molecule has 2 aromatic rings. The SMILES string of the molecule is COc1cccc(OC(C=O)c2cccc(F)c2)c1. The van der Waals surface area contributed by atoms with Crippen molar-refractivity contribution in [3.05, 3.63) is 59.9 Å². The summed E-state index contributed by atoms with van der Waals surface area (Å²) >= 11 is 0. The minimum atomic E-state index is -0.845. The summed E-state index contributed by atoms with van der Waals surface area (Å²) in [5, 5.41) is 0. The number of methoxy groups -OCH3 is 1. The van der Waals surface area contributed by atoms with Crippen LogP contribution in [0.5, 0.6) is 11.5 Å². The lowest BCUT2D eigenvalue weighted by atomic mass is 10.1. The molecule has 0 N–H and O–H groups in total. The summed E-state index contributed by atoms with van der Waals surface area (Å²) in [7, 11) is 1.54. The highest BCUT2D eigenvalue weighted by molar-refractivity contribution is 5.60. The number of hydrogen-bond donors (Lipinski definition) is 0. The molecule has 2 rings (SSSR count). The van der Waals surface area contributed by atoms with Crippen molar-refractivity contribution in [1.82, 2.24) is 0 Å². The molecule has 0 spiro atoms. The van der Waals surface area contributed by atoms with Crippen molar-refractivity contribution in [2.75, 3.05) is 7.11 Å². The molecule has 0 heterocycles. The molecule has 0 amide bonds. The quantitative estimate of drug-likeness (QED) is 0.775. The zero-order valence-corrected chi connectivity index (χ0v) is 10.4. The summed E-state index contributed by atoms with van der Waals surface area (Å²) in [4.78, 5) is 11.1. The highest BCUT2D eigenvalue weighted by atomic mass is 19.1.